The summed E-state index contributed by atoms with van der Waals surface area (Å²) in [4.78, 5) is 8.23. The number of benzene rings is 3. The molecule has 18 nitrogen and oxygen atoms in total. The van der Waals surface area contributed by atoms with Crippen molar-refractivity contribution in [3.8, 4) is 33.8 Å². The van der Waals surface area contributed by atoms with Crippen molar-refractivity contribution in [3.63, 3.8) is 0 Å². The van der Waals surface area contributed by atoms with Crippen molar-refractivity contribution in [2.45, 2.75) is 136 Å². The van der Waals surface area contributed by atoms with Crippen LogP contribution in [0.3, 0.4) is 0 Å². The van der Waals surface area contributed by atoms with Gasteiger partial charge in [0.15, 0.2) is 0 Å². The number of H-pyrrole nitrogens is 2. The lowest BCUT2D eigenvalue weighted by molar-refractivity contribution is 0.263. The van der Waals surface area contributed by atoms with E-state index in [1.54, 1.807) is 42.7 Å². The third kappa shape index (κ3) is 11.2. The van der Waals surface area contributed by atoms with Gasteiger partial charge in [0.2, 0.25) is 30.1 Å². The molecule has 5 N–H and O–H groups in total. The normalized spacial score (nSPS) is 18.9. The van der Waals surface area contributed by atoms with E-state index in [0.717, 1.165) is 11.1 Å². The second-order valence-corrected chi connectivity index (χ2v) is 32.0. The quantitative estimate of drug-likeness (QED) is 0.0430. The minimum Gasteiger partial charge on any atom is -0.347 e. The van der Waals surface area contributed by atoms with Crippen LogP contribution in [0.5, 0.6) is 0 Å². The van der Waals surface area contributed by atoms with Crippen LogP contribution in [0.2, 0.25) is 0 Å². The van der Waals surface area contributed by atoms with Crippen molar-refractivity contribution in [2.75, 3.05) is 0 Å². The number of aromatic amines is 2. The third-order valence-corrected chi connectivity index (χ3v) is 23.0. The first-order chi connectivity index (χ1) is 39.6. The molecule has 0 saturated heterocycles. The lowest BCUT2D eigenvalue weighted by Gasteiger charge is -2.26. The van der Waals surface area contributed by atoms with Gasteiger partial charge in [0.05, 0.1) is 39.0 Å². The lowest BCUT2D eigenvalue weighted by atomic mass is 9.87. The van der Waals surface area contributed by atoms with Gasteiger partial charge in [-0.05, 0) is 131 Å². The van der Waals surface area contributed by atoms with E-state index in [4.69, 9.17) is 0 Å². The first-order valence-electron chi connectivity index (χ1n) is 28.2. The standard InChI is InChI=1S/C60H69F3N12O6S3/c1-34-23-67-72-57(34)44-20-54-41(17-49(44)63)35(24-68-82(76,77)38-9-10-38)28-75(54)32-60(7,8)46-22-56(46)84(80,81)70-26-37-29-74(53-19-43(48(62)16-40(37)53)51-12-14-66-71-51)31-59(5,6)45-21-55(45)83(78,79)69-25-36-27-73(30-58(2,3)4)52-18-42(47(61)15-39(36)52)50-11-13-64-33-65-50/h11-20,23,27-29,33,38,45-46,55-56,68-70H,9-10,21-22,24-26,30-32H2,1-8H3,(H,66,71)(H,67,72). The van der Waals surface area contributed by atoms with Crippen LogP contribution < -0.4 is 14.2 Å². The average Bonchev–Trinajstić information content (AvgIpc) is 2.59. The van der Waals surface area contributed by atoms with E-state index in [2.05, 4.69) is 65.3 Å². The van der Waals surface area contributed by atoms with E-state index >= 15 is 13.2 Å². The highest BCUT2D eigenvalue weighted by atomic mass is 32.2. The maximum atomic E-state index is 16.2. The van der Waals surface area contributed by atoms with E-state index in [-0.39, 0.29) is 42.4 Å². The number of hydrogen-bond donors (Lipinski definition) is 5. The Balaban J connectivity index is 0.763. The van der Waals surface area contributed by atoms with Crippen LogP contribution >= 0.6 is 0 Å². The van der Waals surface area contributed by atoms with Crippen molar-refractivity contribution < 1.29 is 38.4 Å². The van der Waals surface area contributed by atoms with Gasteiger partial charge in [-0.1, -0.05) is 48.5 Å². The first-order valence-corrected chi connectivity index (χ1v) is 32.9. The van der Waals surface area contributed by atoms with Crippen LogP contribution in [0, 0.1) is 52.5 Å². The lowest BCUT2D eigenvalue weighted by Crippen LogP contribution is -2.32. The highest BCUT2D eigenvalue weighted by Gasteiger charge is 2.56. The monoisotopic (exact) mass is 1210 g/mol. The third-order valence-electron chi connectivity index (χ3n) is 17.3. The Bertz CT molecular complexity index is 4390. The minimum atomic E-state index is -3.97. The number of rotatable bonds is 22. The van der Waals surface area contributed by atoms with Gasteiger partial charge in [0.25, 0.3) is 0 Å². The van der Waals surface area contributed by atoms with Crippen molar-refractivity contribution >= 4 is 62.8 Å². The summed E-state index contributed by atoms with van der Waals surface area (Å²) in [5.41, 5.74) is 5.40. The van der Waals surface area contributed by atoms with E-state index in [9.17, 15) is 25.3 Å². The van der Waals surface area contributed by atoms with Crippen molar-refractivity contribution in [2.24, 2.45) is 28.1 Å². The Labute approximate surface area is 486 Å². The highest BCUT2D eigenvalue weighted by Crippen LogP contribution is 2.52. The molecule has 9 aromatic rings. The molecule has 0 spiro atoms. The molecule has 0 radical (unpaired) electrons. The molecule has 84 heavy (non-hydrogen) atoms. The molecule has 0 bridgehead atoms. The fraction of sp³-hybridized carbons (Fsp3) is 0.433. The molecule has 3 aliphatic carbocycles. The number of fused-ring (bicyclic) bond motifs is 3. The molecule has 0 aliphatic heterocycles. The van der Waals surface area contributed by atoms with Crippen molar-refractivity contribution in [3.05, 3.63) is 132 Å². The molecule has 3 fully saturated rings. The fourth-order valence-electron chi connectivity index (χ4n) is 12.6. The van der Waals surface area contributed by atoms with Crippen LogP contribution in [0.15, 0.2) is 92.0 Å². The van der Waals surface area contributed by atoms with Gasteiger partial charge in [-0.15, -0.1) is 0 Å². The smallest absolute Gasteiger partial charge is 0.215 e. The Morgan fingerprint density at radius 2 is 1.06 bits per heavy atom. The number of sulfonamides is 3. The number of nitrogens with one attached hydrogen (secondary N) is 5. The van der Waals surface area contributed by atoms with Gasteiger partial charge in [-0.3, -0.25) is 10.2 Å². The molecular formula is C60H69F3N12O6S3. The van der Waals surface area contributed by atoms with E-state index in [0.29, 0.717) is 117 Å². The largest absolute Gasteiger partial charge is 0.347 e. The zero-order chi connectivity index (χ0) is 59.6. The molecule has 4 unspecified atom stereocenters. The highest BCUT2D eigenvalue weighted by molar-refractivity contribution is 7.91. The van der Waals surface area contributed by atoms with Gasteiger partial charge < -0.3 is 13.7 Å². The van der Waals surface area contributed by atoms with Gasteiger partial charge in [0, 0.05) is 120 Å². The summed E-state index contributed by atoms with van der Waals surface area (Å²) >= 11 is 0. The summed E-state index contributed by atoms with van der Waals surface area (Å²) in [5, 5.41) is 13.6. The summed E-state index contributed by atoms with van der Waals surface area (Å²) in [5.74, 6) is -2.11. The van der Waals surface area contributed by atoms with Crippen LogP contribution in [0.25, 0.3) is 66.5 Å². The van der Waals surface area contributed by atoms with Crippen LogP contribution in [0.1, 0.15) is 96.4 Å². The Morgan fingerprint density at radius 1 is 0.583 bits per heavy atom. The Kier molecular flexibility index (Phi) is 14.3. The number of halogens is 3. The van der Waals surface area contributed by atoms with Gasteiger partial charge in [0.1, 0.15) is 23.8 Å². The van der Waals surface area contributed by atoms with Crippen LogP contribution in [-0.2, 0) is 69.3 Å². The predicted octanol–water partition coefficient (Wildman–Crippen LogP) is 10.2. The Morgan fingerprint density at radius 3 is 1.51 bits per heavy atom. The van der Waals surface area contributed by atoms with Crippen LogP contribution in [-0.4, -0.2) is 85.1 Å². The SMILES string of the molecule is Cc1cn[nH]c1-c1cc2c(cc1F)c(CNS(=O)(=O)C1CC1)cn2CC(C)(C)C1CC1S(=O)(=O)NCc1cn(CC(C)(C)C2CC2S(=O)(=O)NCc2cn(CC(C)(C)C)c3cc(-c4ccncn4)c(F)cc23)c2cc(-c3ccn[nH]3)c(F)cc12. The molecule has 0 amide bonds. The summed E-state index contributed by atoms with van der Waals surface area (Å²) in [7, 11) is -11.4. The molecule has 4 atom stereocenters. The van der Waals surface area contributed by atoms with Gasteiger partial charge in [-0.2, -0.15) is 10.2 Å². The average molecular weight is 1210 g/mol. The zero-order valence-electron chi connectivity index (χ0n) is 48.1. The Hall–Kier alpha value is -6.70. The maximum absolute atomic E-state index is 16.2. The summed E-state index contributed by atoms with van der Waals surface area (Å²) in [6.07, 6.45) is 13.5. The molecule has 6 heterocycles. The first kappa shape index (κ1) is 57.7. The number of nitrogens with zero attached hydrogens (tertiary/aromatic N) is 7. The topological polar surface area (TPSA) is 236 Å². The minimum absolute atomic E-state index is 0.0380. The van der Waals surface area contributed by atoms with E-state index in [1.807, 2.05) is 66.9 Å². The second kappa shape index (κ2) is 20.8. The summed E-state index contributed by atoms with van der Waals surface area (Å²) < 4.78 is 145. The molecule has 444 valence electrons. The number of aryl methyl sites for hydroxylation is 1. The molecule has 6 aromatic heterocycles. The summed E-state index contributed by atoms with van der Waals surface area (Å²) in [6.45, 7) is 17.1. The molecule has 12 rings (SSSR count). The van der Waals surface area contributed by atoms with E-state index in [1.165, 1.54) is 30.7 Å². The molecular weight excluding hydrogens is 1140 g/mol. The van der Waals surface area contributed by atoms with Crippen molar-refractivity contribution in [1.29, 1.82) is 0 Å². The molecule has 24 heteroatoms. The number of hydrogen-bond acceptors (Lipinski definition) is 10. The zero-order valence-corrected chi connectivity index (χ0v) is 50.5. The molecule has 3 saturated carbocycles. The van der Waals surface area contributed by atoms with Gasteiger partial charge >= 0.3 is 0 Å². The predicted molar refractivity (Wildman–Crippen MR) is 318 cm³/mol. The van der Waals surface area contributed by atoms with E-state index < -0.39 is 74.1 Å². The van der Waals surface area contributed by atoms with Crippen molar-refractivity contribution in [1.82, 2.24) is 58.2 Å². The number of aromatic nitrogens is 9. The molecule has 3 aromatic carbocycles. The maximum Gasteiger partial charge on any atom is 0.215 e. The summed E-state index contributed by atoms with van der Waals surface area (Å²) in [6, 6.07) is 12.7. The molecule has 3 aliphatic rings. The van der Waals surface area contributed by atoms with Gasteiger partial charge in [-0.25, -0.2) is 62.6 Å². The fourth-order valence-corrected chi connectivity index (χ4v) is 17.6. The van der Waals surface area contributed by atoms with Crippen LogP contribution in [0.4, 0.5) is 13.2 Å². The second-order valence-electron chi connectivity index (χ2n) is 26.0.